The highest BCUT2D eigenvalue weighted by molar-refractivity contribution is 5.85. The first-order chi connectivity index (χ1) is 9.85. The molecule has 0 aliphatic carbocycles. The molecule has 124 valence electrons. The van der Waals surface area contributed by atoms with E-state index >= 15 is 0 Å². The number of nitrogens with zero attached hydrogens (tertiary/aromatic N) is 3. The van der Waals surface area contributed by atoms with Gasteiger partial charge in [0.1, 0.15) is 0 Å². The fourth-order valence-corrected chi connectivity index (χ4v) is 1.01. The van der Waals surface area contributed by atoms with Crippen molar-refractivity contribution in [2.75, 3.05) is 0 Å². The molecule has 0 aliphatic rings. The maximum Gasteiger partial charge on any atom is 0.700 e. The smallest absolute Gasteiger partial charge is 0.273 e. The summed E-state index contributed by atoms with van der Waals surface area (Å²) in [4.78, 5) is 47.2. The number of carbonyl (C=O) groups excluding carboxylic acids is 2. The van der Waals surface area contributed by atoms with Gasteiger partial charge in [-0.25, -0.2) is 0 Å². The Hall–Kier alpha value is -3.07. The number of halogens is 3. The van der Waals surface area contributed by atoms with Crippen molar-refractivity contribution in [2.45, 2.75) is 24.8 Å². The van der Waals surface area contributed by atoms with E-state index in [1.807, 2.05) is 0 Å². The number of amides is 2. The number of nitrogens with one attached hydrogen (secondary N) is 2. The van der Waals surface area contributed by atoms with E-state index in [4.69, 9.17) is 0 Å². The number of alkyl halides is 3. The maximum atomic E-state index is 11.8. The first kappa shape index (κ1) is 18.9. The van der Waals surface area contributed by atoms with Gasteiger partial charge in [-0.1, -0.05) is 0 Å². The minimum absolute atomic E-state index is 0.873. The average Bonchev–Trinajstić information content (AvgIpc) is 2.33. The molecular weight excluding hydrogens is 327 g/mol. The van der Waals surface area contributed by atoms with Crippen molar-refractivity contribution in [3.63, 3.8) is 0 Å². The van der Waals surface area contributed by atoms with Gasteiger partial charge in [-0.2, -0.15) is 13.2 Å². The van der Waals surface area contributed by atoms with E-state index in [2.05, 4.69) is 0 Å². The molecule has 0 spiro atoms. The van der Waals surface area contributed by atoms with E-state index in [0.29, 0.717) is 0 Å². The van der Waals surface area contributed by atoms with Crippen LogP contribution in [0, 0.1) is 30.3 Å². The van der Waals surface area contributed by atoms with Gasteiger partial charge in [0, 0.05) is 0 Å². The van der Waals surface area contributed by atoms with Crippen molar-refractivity contribution in [2.24, 2.45) is 0 Å². The molecule has 0 rings (SSSR count). The Morgan fingerprint density at radius 3 is 1.64 bits per heavy atom. The summed E-state index contributed by atoms with van der Waals surface area (Å²) in [6, 6.07) is 0. The van der Waals surface area contributed by atoms with Crippen LogP contribution >= 0.6 is 0 Å². The van der Waals surface area contributed by atoms with Gasteiger partial charge >= 0.3 is 17.9 Å². The van der Waals surface area contributed by atoms with E-state index in [1.54, 1.807) is 0 Å². The number of hydrazine groups is 1. The summed E-state index contributed by atoms with van der Waals surface area (Å²) in [7, 11) is 0. The minimum Gasteiger partial charge on any atom is -0.273 e. The van der Waals surface area contributed by atoms with Crippen molar-refractivity contribution in [3.8, 4) is 0 Å². The lowest BCUT2D eigenvalue weighted by molar-refractivity contribution is -0.970. The summed E-state index contributed by atoms with van der Waals surface area (Å²) in [6.45, 7) is 0. The van der Waals surface area contributed by atoms with Crippen LogP contribution in [0.15, 0.2) is 0 Å². The zero-order valence-corrected chi connectivity index (χ0v) is 10.2. The average molecular weight is 333 g/mol. The summed E-state index contributed by atoms with van der Waals surface area (Å²) in [5, 5.41) is 31.5. The zero-order valence-electron chi connectivity index (χ0n) is 10.2. The Morgan fingerprint density at radius 1 is 0.909 bits per heavy atom. The largest absolute Gasteiger partial charge is 0.700 e. The summed E-state index contributed by atoms with van der Waals surface area (Å²) in [5.74, 6) is -8.04. The van der Waals surface area contributed by atoms with Crippen molar-refractivity contribution >= 4 is 11.8 Å². The second-order valence-corrected chi connectivity index (χ2v) is 3.55. The van der Waals surface area contributed by atoms with Gasteiger partial charge in [0.15, 0.2) is 21.2 Å². The molecule has 0 aromatic rings. The van der Waals surface area contributed by atoms with Crippen molar-refractivity contribution in [3.05, 3.63) is 30.3 Å². The molecule has 0 bridgehead atoms. The van der Waals surface area contributed by atoms with E-state index in [-0.39, 0.29) is 0 Å². The molecule has 0 unspecified atom stereocenters. The predicted octanol–water partition coefficient (Wildman–Crippen LogP) is -1.04. The molecule has 0 radical (unpaired) electrons. The van der Waals surface area contributed by atoms with Crippen LogP contribution in [0.25, 0.3) is 0 Å². The monoisotopic (exact) mass is 333 g/mol. The predicted molar refractivity (Wildman–Crippen MR) is 55.3 cm³/mol. The molecule has 0 aromatic heterocycles. The Balaban J connectivity index is 4.79. The van der Waals surface area contributed by atoms with E-state index in [0.717, 1.165) is 10.9 Å². The quantitative estimate of drug-likeness (QED) is 0.350. The number of hydrogen-bond acceptors (Lipinski definition) is 8. The van der Waals surface area contributed by atoms with Crippen molar-refractivity contribution in [1.82, 2.24) is 10.9 Å². The van der Waals surface area contributed by atoms with Crippen LogP contribution in [-0.4, -0.2) is 38.5 Å². The lowest BCUT2D eigenvalue weighted by Crippen LogP contribution is -2.54. The van der Waals surface area contributed by atoms with E-state index < -0.39 is 51.4 Å². The highest BCUT2D eigenvalue weighted by Crippen LogP contribution is 2.19. The first-order valence-electron chi connectivity index (χ1n) is 4.95. The molecule has 13 nitrogen and oxygen atoms in total. The second-order valence-electron chi connectivity index (χ2n) is 3.55. The topological polar surface area (TPSA) is 188 Å². The zero-order chi connectivity index (χ0) is 17.7. The molecule has 2 amide bonds. The maximum absolute atomic E-state index is 11.8. The van der Waals surface area contributed by atoms with Crippen LogP contribution < -0.4 is 10.9 Å². The molecule has 2 N–H and O–H groups in total. The SMILES string of the molecule is O=C(CCC([N+](=O)[O-])([N+](=O)[O-])[N+](=O)[O-])NNC(=O)C(F)(F)F. The molecule has 0 aliphatic heterocycles. The molecule has 0 fully saturated rings. The number of nitro groups is 3. The molecule has 0 saturated heterocycles. The van der Waals surface area contributed by atoms with Crippen molar-refractivity contribution in [1.29, 1.82) is 0 Å². The van der Waals surface area contributed by atoms with E-state index in [9.17, 15) is 53.1 Å². The van der Waals surface area contributed by atoms with Crippen LogP contribution in [-0.2, 0) is 9.59 Å². The molecule has 16 heteroatoms. The van der Waals surface area contributed by atoms with Gasteiger partial charge in [0.05, 0.1) is 6.42 Å². The molecule has 0 saturated carbocycles. The summed E-state index contributed by atoms with van der Waals surface area (Å²) < 4.78 is 35.3. The fourth-order valence-electron chi connectivity index (χ4n) is 1.01. The van der Waals surface area contributed by atoms with Gasteiger partial charge in [0.25, 0.3) is 0 Å². The lowest BCUT2D eigenvalue weighted by Gasteiger charge is -2.10. The molecular formula is C6H6F3N5O8. The van der Waals surface area contributed by atoms with Gasteiger partial charge < -0.3 is 0 Å². The molecule has 0 heterocycles. The Morgan fingerprint density at radius 2 is 1.32 bits per heavy atom. The van der Waals surface area contributed by atoms with Crippen LogP contribution in [0.5, 0.6) is 0 Å². The third-order valence-electron chi connectivity index (χ3n) is 2.14. The van der Waals surface area contributed by atoms with Crippen LogP contribution in [0.2, 0.25) is 0 Å². The third-order valence-corrected chi connectivity index (χ3v) is 2.14. The summed E-state index contributed by atoms with van der Waals surface area (Å²) in [5.41, 5.74) is 2.03. The normalized spacial score (nSPS) is 11.4. The third kappa shape index (κ3) is 4.21. The molecule has 0 atom stereocenters. The summed E-state index contributed by atoms with van der Waals surface area (Å²) >= 11 is 0. The summed E-state index contributed by atoms with van der Waals surface area (Å²) in [6.07, 6.45) is -8.14. The van der Waals surface area contributed by atoms with Gasteiger partial charge in [-0.3, -0.25) is 50.8 Å². The molecule has 0 aromatic carbocycles. The van der Waals surface area contributed by atoms with Crippen LogP contribution in [0.4, 0.5) is 13.2 Å². The highest BCUT2D eigenvalue weighted by Gasteiger charge is 2.69. The standard InChI is InChI=1S/C6H6F3N5O8/c7-6(8,9)4(16)11-10-3(15)1-2-5(12(17)18,13(19)20)14(21)22/h1-2H2,(H,10,15)(H,11,16). The Kier molecular flexibility index (Phi) is 5.67. The number of rotatable bonds is 6. The Bertz CT molecular complexity index is 483. The Labute approximate surface area is 116 Å². The fraction of sp³-hybridized carbons (Fsp3) is 0.667. The minimum atomic E-state index is -5.33. The van der Waals surface area contributed by atoms with Gasteiger partial charge in [-0.15, -0.1) is 0 Å². The lowest BCUT2D eigenvalue weighted by atomic mass is 10.2. The number of hydrogen-bond donors (Lipinski definition) is 2. The van der Waals surface area contributed by atoms with E-state index in [1.165, 1.54) is 0 Å². The van der Waals surface area contributed by atoms with Crippen LogP contribution in [0.1, 0.15) is 12.8 Å². The van der Waals surface area contributed by atoms with Crippen LogP contribution in [0.3, 0.4) is 0 Å². The number of carbonyl (C=O) groups is 2. The first-order valence-corrected chi connectivity index (χ1v) is 4.95. The second kappa shape index (κ2) is 6.59. The highest BCUT2D eigenvalue weighted by atomic mass is 19.4. The van der Waals surface area contributed by atoms with Gasteiger partial charge in [-0.05, 0) is 0 Å². The van der Waals surface area contributed by atoms with Crippen molar-refractivity contribution < 1.29 is 37.5 Å². The molecule has 22 heavy (non-hydrogen) atoms. The van der Waals surface area contributed by atoms with Gasteiger partial charge in [0.2, 0.25) is 5.91 Å².